The first-order valence-electron chi connectivity index (χ1n) is 5.79. The zero-order chi connectivity index (χ0) is 12.0. The maximum absolute atomic E-state index is 5.36. The molecule has 1 nitrogen and oxygen atoms in total. The van der Waals surface area contributed by atoms with E-state index >= 15 is 0 Å². The fourth-order valence-corrected chi connectivity index (χ4v) is 1.72. The van der Waals surface area contributed by atoms with Crippen molar-refractivity contribution in [3.63, 3.8) is 0 Å². The highest BCUT2D eigenvalue weighted by molar-refractivity contribution is 5.37. The van der Waals surface area contributed by atoms with Gasteiger partial charge in [-0.25, -0.2) is 0 Å². The highest BCUT2D eigenvalue weighted by atomic mass is 16.5. The second kappa shape index (κ2) is 6.23. The summed E-state index contributed by atoms with van der Waals surface area (Å²) < 4.78 is 5.36. The Hall–Kier alpha value is -1.42. The minimum Gasteiger partial charge on any atom is -0.496 e. The van der Waals surface area contributed by atoms with Gasteiger partial charge in [-0.05, 0) is 25.0 Å². The number of rotatable bonds is 3. The number of ether oxygens (including phenoxy) is 1. The van der Waals surface area contributed by atoms with Crippen molar-refractivity contribution in [2.24, 2.45) is 5.92 Å². The molecule has 0 radical (unpaired) electrons. The van der Waals surface area contributed by atoms with Gasteiger partial charge in [0.05, 0.1) is 7.11 Å². The Balaban J connectivity index is 2.82. The molecule has 1 aromatic rings. The third kappa shape index (κ3) is 3.62. The molecule has 86 valence electrons. The molecule has 0 aromatic heterocycles. The molecule has 1 unspecified atom stereocenters. The topological polar surface area (TPSA) is 9.23 Å². The largest absolute Gasteiger partial charge is 0.496 e. The van der Waals surface area contributed by atoms with Crippen LogP contribution in [0, 0.1) is 24.7 Å². The second-order valence-corrected chi connectivity index (χ2v) is 4.10. The van der Waals surface area contributed by atoms with E-state index in [1.807, 2.05) is 6.07 Å². The van der Waals surface area contributed by atoms with Gasteiger partial charge in [0.2, 0.25) is 0 Å². The van der Waals surface area contributed by atoms with Crippen molar-refractivity contribution in [2.75, 3.05) is 7.11 Å². The smallest absolute Gasteiger partial charge is 0.122 e. The molecule has 1 heteroatoms. The van der Waals surface area contributed by atoms with E-state index in [4.69, 9.17) is 4.74 Å². The molecule has 0 spiro atoms. The van der Waals surface area contributed by atoms with Gasteiger partial charge in [-0.3, -0.25) is 0 Å². The van der Waals surface area contributed by atoms with Crippen molar-refractivity contribution in [1.82, 2.24) is 0 Å². The summed E-state index contributed by atoms with van der Waals surface area (Å²) >= 11 is 0. The quantitative estimate of drug-likeness (QED) is 0.701. The number of methoxy groups -OCH3 is 1. The molecule has 1 atom stereocenters. The summed E-state index contributed by atoms with van der Waals surface area (Å²) in [6, 6.07) is 6.29. The van der Waals surface area contributed by atoms with Gasteiger partial charge >= 0.3 is 0 Å². The van der Waals surface area contributed by atoms with Crippen LogP contribution in [0.2, 0.25) is 0 Å². The molecule has 16 heavy (non-hydrogen) atoms. The fraction of sp³-hybridized carbons (Fsp3) is 0.467. The van der Waals surface area contributed by atoms with Crippen LogP contribution in [0.15, 0.2) is 18.2 Å². The number of benzene rings is 1. The van der Waals surface area contributed by atoms with Gasteiger partial charge in [0, 0.05) is 12.3 Å². The normalized spacial score (nSPS) is 11.5. The molecule has 1 rings (SSSR count). The summed E-state index contributed by atoms with van der Waals surface area (Å²) in [5, 5.41) is 0. The third-order valence-corrected chi connectivity index (χ3v) is 2.49. The van der Waals surface area contributed by atoms with Gasteiger partial charge in [0.25, 0.3) is 0 Å². The van der Waals surface area contributed by atoms with Crippen LogP contribution >= 0.6 is 0 Å². The standard InChI is InChI=1S/C15H20O/c1-5-6-7-12(2)10-14-11-13(3)8-9-15(14)16-4/h8-9,11-12H,5,10H2,1-4H3. The third-order valence-electron chi connectivity index (χ3n) is 2.49. The summed E-state index contributed by atoms with van der Waals surface area (Å²) in [4.78, 5) is 0. The monoisotopic (exact) mass is 216 g/mol. The van der Waals surface area contributed by atoms with Crippen molar-refractivity contribution in [2.45, 2.75) is 33.6 Å². The Labute approximate surface area is 98.8 Å². The Morgan fingerprint density at radius 1 is 1.38 bits per heavy atom. The van der Waals surface area contributed by atoms with E-state index in [2.05, 4.69) is 44.7 Å². The molecule has 0 heterocycles. The Morgan fingerprint density at radius 2 is 2.12 bits per heavy atom. The predicted octanol–water partition coefficient (Wildman–Crippen LogP) is 3.60. The zero-order valence-electron chi connectivity index (χ0n) is 10.6. The molecule has 0 amide bonds. The summed E-state index contributed by atoms with van der Waals surface area (Å²) in [5.74, 6) is 7.73. The second-order valence-electron chi connectivity index (χ2n) is 4.10. The first-order valence-corrected chi connectivity index (χ1v) is 5.79. The van der Waals surface area contributed by atoms with Gasteiger partial charge in [-0.15, -0.1) is 5.92 Å². The van der Waals surface area contributed by atoms with Crippen molar-refractivity contribution in [1.29, 1.82) is 0 Å². The van der Waals surface area contributed by atoms with Crippen LogP contribution < -0.4 is 4.74 Å². The maximum Gasteiger partial charge on any atom is 0.122 e. The average molecular weight is 216 g/mol. The van der Waals surface area contributed by atoms with Crippen LogP contribution in [0.3, 0.4) is 0 Å². The number of hydrogen-bond donors (Lipinski definition) is 0. The SMILES string of the molecule is CCC#CC(C)Cc1cc(C)ccc1OC. The Kier molecular flexibility index (Phi) is 4.92. The highest BCUT2D eigenvalue weighted by Gasteiger charge is 2.06. The lowest BCUT2D eigenvalue weighted by Gasteiger charge is -2.11. The number of aryl methyl sites for hydroxylation is 1. The van der Waals surface area contributed by atoms with Crippen LogP contribution in [-0.4, -0.2) is 7.11 Å². The van der Waals surface area contributed by atoms with Crippen LogP contribution in [-0.2, 0) is 6.42 Å². The number of hydrogen-bond acceptors (Lipinski definition) is 1. The van der Waals surface area contributed by atoms with Crippen molar-refractivity contribution >= 4 is 0 Å². The van der Waals surface area contributed by atoms with E-state index in [9.17, 15) is 0 Å². The minimum atomic E-state index is 0.385. The first kappa shape index (κ1) is 12.6. The zero-order valence-corrected chi connectivity index (χ0v) is 10.6. The van der Waals surface area contributed by atoms with Crippen LogP contribution in [0.1, 0.15) is 31.4 Å². The van der Waals surface area contributed by atoms with E-state index in [-0.39, 0.29) is 0 Å². The van der Waals surface area contributed by atoms with E-state index in [0.29, 0.717) is 5.92 Å². The van der Waals surface area contributed by atoms with Crippen molar-refractivity contribution in [3.8, 4) is 17.6 Å². The summed E-state index contributed by atoms with van der Waals surface area (Å²) in [7, 11) is 1.72. The summed E-state index contributed by atoms with van der Waals surface area (Å²) in [5.41, 5.74) is 2.52. The van der Waals surface area contributed by atoms with Crippen molar-refractivity contribution < 1.29 is 4.74 Å². The van der Waals surface area contributed by atoms with Gasteiger partial charge in [-0.2, -0.15) is 0 Å². The minimum absolute atomic E-state index is 0.385. The summed E-state index contributed by atoms with van der Waals surface area (Å²) in [6.07, 6.45) is 1.88. The van der Waals surface area contributed by atoms with E-state index in [0.717, 1.165) is 18.6 Å². The molecule has 0 saturated heterocycles. The Bertz CT molecular complexity index is 396. The Morgan fingerprint density at radius 3 is 2.75 bits per heavy atom. The van der Waals surface area contributed by atoms with E-state index in [1.165, 1.54) is 11.1 Å². The van der Waals surface area contributed by atoms with Crippen LogP contribution in [0.25, 0.3) is 0 Å². The molecule has 1 aromatic carbocycles. The first-order chi connectivity index (χ1) is 7.67. The molecule has 0 N–H and O–H groups in total. The molecule has 0 fully saturated rings. The highest BCUT2D eigenvalue weighted by Crippen LogP contribution is 2.22. The molecule has 0 aliphatic rings. The molecule has 0 aliphatic carbocycles. The molecular weight excluding hydrogens is 196 g/mol. The predicted molar refractivity (Wildman–Crippen MR) is 68.7 cm³/mol. The van der Waals surface area contributed by atoms with Crippen LogP contribution in [0.4, 0.5) is 0 Å². The molecule has 0 aliphatic heterocycles. The van der Waals surface area contributed by atoms with E-state index < -0.39 is 0 Å². The molecular formula is C15H20O. The fourth-order valence-electron chi connectivity index (χ4n) is 1.72. The molecule has 0 bridgehead atoms. The lowest BCUT2D eigenvalue weighted by atomic mass is 9.99. The van der Waals surface area contributed by atoms with Gasteiger partial charge in [0.15, 0.2) is 0 Å². The summed E-state index contributed by atoms with van der Waals surface area (Å²) in [6.45, 7) is 6.34. The van der Waals surface area contributed by atoms with E-state index in [1.54, 1.807) is 7.11 Å². The van der Waals surface area contributed by atoms with Crippen LogP contribution in [0.5, 0.6) is 5.75 Å². The van der Waals surface area contributed by atoms with Gasteiger partial charge < -0.3 is 4.74 Å². The maximum atomic E-state index is 5.36. The lowest BCUT2D eigenvalue weighted by Crippen LogP contribution is -2.00. The van der Waals surface area contributed by atoms with Gasteiger partial charge in [0.1, 0.15) is 5.75 Å². The van der Waals surface area contributed by atoms with Gasteiger partial charge in [-0.1, -0.05) is 37.5 Å². The average Bonchev–Trinajstić information content (AvgIpc) is 2.27. The molecule has 0 saturated carbocycles. The van der Waals surface area contributed by atoms with Crippen molar-refractivity contribution in [3.05, 3.63) is 29.3 Å². The lowest BCUT2D eigenvalue weighted by molar-refractivity contribution is 0.408.